The van der Waals surface area contributed by atoms with E-state index in [1.54, 1.807) is 0 Å². The third-order valence-corrected chi connectivity index (χ3v) is 6.14. The fraction of sp³-hybridized carbons (Fsp3) is 0.478. The molecular weight excluding hydrogens is 332 g/mol. The molecule has 3 aromatic heterocycles. The summed E-state index contributed by atoms with van der Waals surface area (Å²) in [4.78, 5) is 12.0. The van der Waals surface area contributed by atoms with Crippen LogP contribution in [0.15, 0.2) is 30.6 Å². The van der Waals surface area contributed by atoms with Gasteiger partial charge in [-0.15, -0.1) is 0 Å². The Kier molecular flexibility index (Phi) is 4.77. The molecule has 5 heterocycles. The summed E-state index contributed by atoms with van der Waals surface area (Å²) >= 11 is 0. The molecule has 27 heavy (non-hydrogen) atoms. The molecule has 142 valence electrons. The van der Waals surface area contributed by atoms with Gasteiger partial charge in [-0.3, -0.25) is 9.88 Å². The number of nitrogens with zero attached hydrogens (tertiary/aromatic N) is 4. The van der Waals surface area contributed by atoms with Crippen LogP contribution in [0.3, 0.4) is 0 Å². The maximum atomic E-state index is 4.83. The summed E-state index contributed by atoms with van der Waals surface area (Å²) in [6.07, 6.45) is 8.90. The van der Waals surface area contributed by atoms with Crippen molar-refractivity contribution in [1.29, 1.82) is 0 Å². The second-order valence-electron chi connectivity index (χ2n) is 7.99. The van der Waals surface area contributed by atoms with Crippen molar-refractivity contribution in [3.05, 3.63) is 58.7 Å². The monoisotopic (exact) mass is 362 g/mol. The summed E-state index contributed by atoms with van der Waals surface area (Å²) in [6.45, 7) is 7.53. The lowest BCUT2D eigenvalue weighted by molar-refractivity contribution is 0.224. The smallest absolute Gasteiger partial charge is 0.140 e. The van der Waals surface area contributed by atoms with Gasteiger partial charge in [0.05, 0.1) is 0 Å². The first kappa shape index (κ1) is 18.2. The topological polar surface area (TPSA) is 34.0 Å². The first-order chi connectivity index (χ1) is 12.7. The number of fused-ring (bicyclic) bond motifs is 4. The van der Waals surface area contributed by atoms with E-state index >= 15 is 0 Å². The first-order valence-electron chi connectivity index (χ1n) is 9.81. The third-order valence-electron chi connectivity index (χ3n) is 6.14. The average Bonchev–Trinajstić information content (AvgIpc) is 3.21. The van der Waals surface area contributed by atoms with E-state index in [0.29, 0.717) is 0 Å². The molecule has 0 aliphatic carbocycles. The Morgan fingerprint density at radius 2 is 2.04 bits per heavy atom. The van der Waals surface area contributed by atoms with Gasteiger partial charge in [0.2, 0.25) is 0 Å². The normalized spacial score (nSPS) is 19.0. The molecule has 0 radical (unpaired) electrons. The van der Waals surface area contributed by atoms with E-state index in [1.165, 1.54) is 59.2 Å². The van der Waals surface area contributed by atoms with Crippen LogP contribution < -0.4 is 0 Å². The van der Waals surface area contributed by atoms with E-state index in [9.17, 15) is 0 Å². The highest BCUT2D eigenvalue weighted by Gasteiger charge is 2.33. The lowest BCUT2D eigenvalue weighted by Crippen LogP contribution is -2.35. The minimum atomic E-state index is 0. The van der Waals surface area contributed by atoms with Crippen LogP contribution in [0.5, 0.6) is 0 Å². The summed E-state index contributed by atoms with van der Waals surface area (Å²) in [5, 5.41) is 1.37. The van der Waals surface area contributed by atoms with Gasteiger partial charge < -0.3 is 4.57 Å². The van der Waals surface area contributed by atoms with Crippen molar-refractivity contribution in [1.82, 2.24) is 19.4 Å². The highest BCUT2D eigenvalue weighted by Crippen LogP contribution is 2.36. The van der Waals surface area contributed by atoms with E-state index in [4.69, 9.17) is 4.98 Å². The van der Waals surface area contributed by atoms with Gasteiger partial charge in [0, 0.05) is 54.7 Å². The zero-order valence-corrected chi connectivity index (χ0v) is 15.7. The van der Waals surface area contributed by atoms with Gasteiger partial charge in [-0.25, -0.2) is 4.98 Å². The molecule has 0 N–H and O–H groups in total. The van der Waals surface area contributed by atoms with Crippen LogP contribution in [0, 0.1) is 13.8 Å². The molecule has 4 heteroatoms. The van der Waals surface area contributed by atoms with Crippen molar-refractivity contribution < 1.29 is 0 Å². The van der Waals surface area contributed by atoms with Crippen molar-refractivity contribution in [2.24, 2.45) is 0 Å². The Bertz CT molecular complexity index is 955. The van der Waals surface area contributed by atoms with Gasteiger partial charge in [-0.1, -0.05) is 13.5 Å². The number of rotatable bonds is 3. The van der Waals surface area contributed by atoms with Crippen LogP contribution in [0.25, 0.3) is 11.0 Å². The predicted octanol–water partition coefficient (Wildman–Crippen LogP) is 4.45. The lowest BCUT2D eigenvalue weighted by Gasteiger charge is -2.30. The molecule has 1 saturated heterocycles. The zero-order valence-electron chi connectivity index (χ0n) is 15.7. The minimum absolute atomic E-state index is 0. The molecule has 2 aliphatic rings. The van der Waals surface area contributed by atoms with Crippen LogP contribution in [0.2, 0.25) is 0 Å². The van der Waals surface area contributed by atoms with E-state index in [2.05, 4.69) is 39.6 Å². The Morgan fingerprint density at radius 1 is 1.15 bits per heavy atom. The van der Waals surface area contributed by atoms with Crippen molar-refractivity contribution >= 4 is 11.0 Å². The fourth-order valence-corrected chi connectivity index (χ4v) is 4.74. The zero-order chi connectivity index (χ0) is 17.7. The van der Waals surface area contributed by atoms with Gasteiger partial charge in [0.25, 0.3) is 0 Å². The minimum Gasteiger partial charge on any atom is -0.329 e. The molecule has 0 saturated carbocycles. The average molecular weight is 363 g/mol. The number of aryl methyl sites for hydroxylation is 4. The second-order valence-corrected chi connectivity index (χ2v) is 7.99. The molecule has 5 rings (SSSR count). The van der Waals surface area contributed by atoms with E-state index < -0.39 is 0 Å². The summed E-state index contributed by atoms with van der Waals surface area (Å²) in [7, 11) is 0. The van der Waals surface area contributed by atoms with Gasteiger partial charge in [-0.2, -0.15) is 0 Å². The highest BCUT2D eigenvalue weighted by atomic mass is 15.2. The Hall–Kier alpha value is -2.20. The molecule has 2 aliphatic heterocycles. The Morgan fingerprint density at radius 3 is 2.85 bits per heavy atom. The number of pyridine rings is 2. The summed E-state index contributed by atoms with van der Waals surface area (Å²) in [5.41, 5.74) is 7.86. The molecule has 1 fully saturated rings. The fourth-order valence-electron chi connectivity index (χ4n) is 4.74. The molecular formula is C23H30N4. The first-order valence-corrected chi connectivity index (χ1v) is 9.81. The predicted molar refractivity (Wildman–Crippen MR) is 111 cm³/mol. The van der Waals surface area contributed by atoms with Crippen LogP contribution >= 0.6 is 0 Å². The van der Waals surface area contributed by atoms with Gasteiger partial charge in [0.15, 0.2) is 0 Å². The van der Waals surface area contributed by atoms with Gasteiger partial charge >= 0.3 is 0 Å². The maximum Gasteiger partial charge on any atom is 0.140 e. The van der Waals surface area contributed by atoms with Crippen LogP contribution in [-0.2, 0) is 25.9 Å². The summed E-state index contributed by atoms with van der Waals surface area (Å²) in [5.74, 6) is 0. The Balaban J connectivity index is 0.00000180. The second kappa shape index (κ2) is 7.08. The van der Waals surface area contributed by atoms with Crippen molar-refractivity contribution in [2.75, 3.05) is 6.54 Å². The van der Waals surface area contributed by atoms with Crippen LogP contribution in [-0.4, -0.2) is 32.0 Å². The Labute approximate surface area is 162 Å². The van der Waals surface area contributed by atoms with Crippen molar-refractivity contribution in [2.45, 2.75) is 66.1 Å². The van der Waals surface area contributed by atoms with Crippen molar-refractivity contribution in [3.63, 3.8) is 0 Å². The van der Waals surface area contributed by atoms with Crippen molar-refractivity contribution in [3.8, 4) is 0 Å². The van der Waals surface area contributed by atoms with E-state index in [1.807, 2.05) is 19.3 Å². The van der Waals surface area contributed by atoms with Crippen LogP contribution in [0.4, 0.5) is 0 Å². The maximum absolute atomic E-state index is 4.83. The summed E-state index contributed by atoms with van der Waals surface area (Å²) < 4.78 is 2.50. The number of hydrogen-bond acceptors (Lipinski definition) is 3. The van der Waals surface area contributed by atoms with Crippen LogP contribution in [0.1, 0.15) is 48.3 Å². The largest absolute Gasteiger partial charge is 0.329 e. The molecule has 3 aromatic rings. The molecule has 0 amide bonds. The molecule has 4 nitrogen and oxygen atoms in total. The van der Waals surface area contributed by atoms with Gasteiger partial charge in [0.1, 0.15) is 5.65 Å². The van der Waals surface area contributed by atoms with E-state index in [-0.39, 0.29) is 7.43 Å². The molecule has 0 spiro atoms. The highest BCUT2D eigenvalue weighted by molar-refractivity contribution is 5.83. The number of hydrogen-bond donors (Lipinski definition) is 0. The summed E-state index contributed by atoms with van der Waals surface area (Å²) in [6, 6.07) is 7.38. The molecule has 1 unspecified atom stereocenters. The number of aromatic nitrogens is 3. The quantitative estimate of drug-likeness (QED) is 0.690. The van der Waals surface area contributed by atoms with E-state index in [0.717, 1.165) is 31.2 Å². The SMILES string of the molecule is C.Cc1cnc2c(c1)c1c(n2CCc2ccc(C)nc2)CC2CCCN2C1. The molecule has 0 aromatic carbocycles. The lowest BCUT2D eigenvalue weighted by atomic mass is 9.99. The molecule has 0 bridgehead atoms. The third kappa shape index (κ3) is 3.16. The standard InChI is InChI=1S/C22H26N4.CH4/c1-15-10-19-20-14-25-8-3-4-18(25)11-21(20)26(22(19)24-12-15)9-7-17-6-5-16(2)23-13-17;/h5-6,10,12-13,18H,3-4,7-9,11,14H2,1-2H3;1H4. The molecule has 1 atom stereocenters. The van der Waals surface area contributed by atoms with Gasteiger partial charge in [-0.05, 0) is 68.5 Å².